The highest BCUT2D eigenvalue weighted by molar-refractivity contribution is 5.62. The summed E-state index contributed by atoms with van der Waals surface area (Å²) in [6.07, 6.45) is 0. The molecule has 0 aliphatic rings. The molecule has 6 heteroatoms. The summed E-state index contributed by atoms with van der Waals surface area (Å²) in [4.78, 5) is 17.1. The van der Waals surface area contributed by atoms with Crippen LogP contribution in [0, 0.1) is 24.0 Å². The Hall–Kier alpha value is -2.47. The van der Waals surface area contributed by atoms with Gasteiger partial charge in [0.25, 0.3) is 0 Å². The molecule has 1 N–H and O–H groups in total. The topological polar surface area (TPSA) is 79.5 Å². The largest absolute Gasteiger partial charge is 0.395 e. The van der Waals surface area contributed by atoms with Crippen LogP contribution in [0.5, 0.6) is 0 Å². The summed E-state index contributed by atoms with van der Waals surface area (Å²) < 4.78 is 0. The van der Waals surface area contributed by atoms with E-state index < -0.39 is 4.92 Å². The minimum absolute atomic E-state index is 0.00465. The number of aliphatic hydroxyl groups excluding tert-OH is 1. The Morgan fingerprint density at radius 1 is 1.27 bits per heavy atom. The van der Waals surface area contributed by atoms with Gasteiger partial charge in [-0.25, -0.2) is 4.98 Å². The van der Waals surface area contributed by atoms with E-state index in [-0.39, 0.29) is 18.8 Å². The van der Waals surface area contributed by atoms with Crippen LogP contribution in [0.2, 0.25) is 0 Å². The number of nitro groups is 1. The molecule has 0 spiro atoms. The van der Waals surface area contributed by atoms with Gasteiger partial charge >= 0.3 is 5.69 Å². The molecule has 0 saturated carbocycles. The van der Waals surface area contributed by atoms with Crippen LogP contribution >= 0.6 is 0 Å². The summed E-state index contributed by atoms with van der Waals surface area (Å²) in [5, 5.41) is 20.7. The summed E-state index contributed by atoms with van der Waals surface area (Å²) in [5.41, 5.74) is 2.29. The molecule has 0 radical (unpaired) electrons. The van der Waals surface area contributed by atoms with Crippen LogP contribution in [-0.2, 0) is 6.54 Å². The van der Waals surface area contributed by atoms with Crippen molar-refractivity contribution in [3.63, 3.8) is 0 Å². The molecule has 116 valence electrons. The third-order valence-electron chi connectivity index (χ3n) is 3.36. The van der Waals surface area contributed by atoms with E-state index in [0.29, 0.717) is 23.6 Å². The number of hydrogen-bond acceptors (Lipinski definition) is 5. The van der Waals surface area contributed by atoms with Crippen molar-refractivity contribution in [1.82, 2.24) is 4.98 Å². The summed E-state index contributed by atoms with van der Waals surface area (Å²) in [5.74, 6) is 0.306. The molecule has 1 aromatic carbocycles. The molecule has 1 aromatic heterocycles. The Bertz CT molecular complexity index is 659. The maximum Gasteiger partial charge on any atom is 0.314 e. The van der Waals surface area contributed by atoms with E-state index in [9.17, 15) is 15.2 Å². The molecular formula is C16H19N3O3. The average Bonchev–Trinajstić information content (AvgIpc) is 2.46. The second-order valence-electron chi connectivity index (χ2n) is 5.14. The highest BCUT2D eigenvalue weighted by Gasteiger charge is 2.24. The number of rotatable bonds is 6. The molecule has 0 fully saturated rings. The highest BCUT2D eigenvalue weighted by Crippen LogP contribution is 2.31. The van der Waals surface area contributed by atoms with E-state index in [2.05, 4.69) is 4.98 Å². The van der Waals surface area contributed by atoms with Crippen molar-refractivity contribution in [2.75, 3.05) is 18.1 Å². The van der Waals surface area contributed by atoms with Gasteiger partial charge in [-0.15, -0.1) is 0 Å². The summed E-state index contributed by atoms with van der Waals surface area (Å²) >= 11 is 0. The van der Waals surface area contributed by atoms with Gasteiger partial charge in [0.2, 0.25) is 5.82 Å². The minimum Gasteiger partial charge on any atom is -0.395 e. The first-order valence-corrected chi connectivity index (χ1v) is 7.05. The van der Waals surface area contributed by atoms with Crippen molar-refractivity contribution in [1.29, 1.82) is 0 Å². The average molecular weight is 301 g/mol. The Morgan fingerprint density at radius 3 is 2.55 bits per heavy atom. The highest BCUT2D eigenvalue weighted by atomic mass is 16.6. The molecule has 1 heterocycles. The lowest BCUT2D eigenvalue weighted by Crippen LogP contribution is -2.28. The summed E-state index contributed by atoms with van der Waals surface area (Å²) in [6.45, 7) is 4.15. The number of aryl methyl sites for hydroxylation is 2. The maximum atomic E-state index is 11.4. The minimum atomic E-state index is -0.410. The third-order valence-corrected chi connectivity index (χ3v) is 3.36. The fourth-order valence-corrected chi connectivity index (χ4v) is 2.44. The van der Waals surface area contributed by atoms with E-state index in [1.54, 1.807) is 24.8 Å². The number of pyridine rings is 1. The van der Waals surface area contributed by atoms with Gasteiger partial charge in [-0.1, -0.05) is 30.3 Å². The molecule has 0 bridgehead atoms. The van der Waals surface area contributed by atoms with Crippen molar-refractivity contribution in [2.45, 2.75) is 20.4 Å². The van der Waals surface area contributed by atoms with Crippen molar-refractivity contribution in [3.05, 3.63) is 63.3 Å². The number of hydrogen-bond donors (Lipinski definition) is 1. The second-order valence-corrected chi connectivity index (χ2v) is 5.14. The van der Waals surface area contributed by atoms with E-state index in [1.807, 2.05) is 30.3 Å². The van der Waals surface area contributed by atoms with Gasteiger partial charge < -0.3 is 10.0 Å². The van der Waals surface area contributed by atoms with Crippen LogP contribution in [0.25, 0.3) is 0 Å². The van der Waals surface area contributed by atoms with Gasteiger partial charge in [-0.3, -0.25) is 10.1 Å². The lowest BCUT2D eigenvalue weighted by Gasteiger charge is -2.23. The molecule has 0 aliphatic heterocycles. The van der Waals surface area contributed by atoms with Crippen LogP contribution in [0.1, 0.15) is 16.8 Å². The molecule has 6 nitrogen and oxygen atoms in total. The standard InChI is InChI=1S/C16H19N3O3/c1-12-10-13(2)17-16(15(12)19(21)22)18(8-9-20)11-14-6-4-3-5-7-14/h3-7,10,20H,8-9,11H2,1-2H3. The Morgan fingerprint density at radius 2 is 1.95 bits per heavy atom. The Balaban J connectivity index is 2.46. The number of nitrogens with zero attached hydrogens (tertiary/aromatic N) is 3. The van der Waals surface area contributed by atoms with E-state index >= 15 is 0 Å². The predicted molar refractivity (Wildman–Crippen MR) is 84.9 cm³/mol. The van der Waals surface area contributed by atoms with Crippen molar-refractivity contribution >= 4 is 11.5 Å². The van der Waals surface area contributed by atoms with Gasteiger partial charge in [-0.05, 0) is 25.5 Å². The number of aromatic nitrogens is 1. The van der Waals surface area contributed by atoms with E-state index in [1.165, 1.54) is 0 Å². The Kier molecular flexibility index (Phi) is 5.06. The van der Waals surface area contributed by atoms with Gasteiger partial charge in [-0.2, -0.15) is 0 Å². The second kappa shape index (κ2) is 7.00. The van der Waals surface area contributed by atoms with Crippen LogP contribution in [-0.4, -0.2) is 28.2 Å². The summed E-state index contributed by atoms with van der Waals surface area (Å²) in [6, 6.07) is 11.3. The normalized spacial score (nSPS) is 10.5. The number of aliphatic hydroxyl groups is 1. The quantitative estimate of drug-likeness (QED) is 0.655. The molecule has 0 aliphatic carbocycles. The first-order chi connectivity index (χ1) is 10.5. The summed E-state index contributed by atoms with van der Waals surface area (Å²) in [7, 11) is 0. The van der Waals surface area contributed by atoms with Crippen molar-refractivity contribution in [2.24, 2.45) is 0 Å². The SMILES string of the molecule is Cc1cc(C)c([N+](=O)[O-])c(N(CCO)Cc2ccccc2)n1. The zero-order valence-corrected chi connectivity index (χ0v) is 12.7. The molecular weight excluding hydrogens is 282 g/mol. The molecule has 0 saturated heterocycles. The lowest BCUT2D eigenvalue weighted by molar-refractivity contribution is -0.384. The van der Waals surface area contributed by atoms with Crippen LogP contribution in [0.15, 0.2) is 36.4 Å². The van der Waals surface area contributed by atoms with E-state index in [4.69, 9.17) is 0 Å². The lowest BCUT2D eigenvalue weighted by atomic mass is 10.1. The predicted octanol–water partition coefficient (Wildman–Crippen LogP) is 2.61. The van der Waals surface area contributed by atoms with Gasteiger partial charge in [0.05, 0.1) is 11.5 Å². The molecule has 2 rings (SSSR count). The molecule has 2 aromatic rings. The first-order valence-electron chi connectivity index (χ1n) is 7.05. The molecule has 22 heavy (non-hydrogen) atoms. The molecule has 0 amide bonds. The molecule has 0 atom stereocenters. The van der Waals surface area contributed by atoms with Gasteiger partial charge in [0, 0.05) is 24.3 Å². The van der Waals surface area contributed by atoms with Gasteiger partial charge in [0.1, 0.15) is 0 Å². The first kappa shape index (κ1) is 15.9. The smallest absolute Gasteiger partial charge is 0.314 e. The maximum absolute atomic E-state index is 11.4. The van der Waals surface area contributed by atoms with Crippen LogP contribution in [0.4, 0.5) is 11.5 Å². The fraction of sp³-hybridized carbons (Fsp3) is 0.312. The van der Waals surface area contributed by atoms with Crippen molar-refractivity contribution in [3.8, 4) is 0 Å². The van der Waals surface area contributed by atoms with Gasteiger partial charge in [0.15, 0.2) is 0 Å². The van der Waals surface area contributed by atoms with Crippen molar-refractivity contribution < 1.29 is 10.0 Å². The monoisotopic (exact) mass is 301 g/mol. The van der Waals surface area contributed by atoms with Crippen LogP contribution < -0.4 is 4.90 Å². The zero-order valence-electron chi connectivity index (χ0n) is 12.7. The zero-order chi connectivity index (χ0) is 16.1. The van der Waals surface area contributed by atoms with Crippen LogP contribution in [0.3, 0.4) is 0 Å². The van der Waals surface area contributed by atoms with E-state index in [0.717, 1.165) is 5.56 Å². The third kappa shape index (κ3) is 3.59. The Labute approximate surface area is 129 Å². The number of benzene rings is 1. The fourth-order valence-electron chi connectivity index (χ4n) is 2.44. The molecule has 0 unspecified atom stereocenters. The number of anilines is 1.